The Bertz CT molecular complexity index is 1550. The number of aromatic amines is 1. The van der Waals surface area contributed by atoms with Gasteiger partial charge in [-0.05, 0) is 51.8 Å². The van der Waals surface area contributed by atoms with Gasteiger partial charge in [-0.3, -0.25) is 9.89 Å². The van der Waals surface area contributed by atoms with Crippen molar-refractivity contribution < 1.29 is 23.4 Å². The number of aromatic nitrogens is 4. The van der Waals surface area contributed by atoms with E-state index in [1.54, 1.807) is 19.2 Å². The van der Waals surface area contributed by atoms with E-state index in [4.69, 9.17) is 14.2 Å². The van der Waals surface area contributed by atoms with Crippen LogP contribution in [0.5, 0.6) is 11.5 Å². The minimum absolute atomic E-state index is 0.0248. The molecule has 0 saturated carbocycles. The molecule has 0 radical (unpaired) electrons. The second-order valence-corrected chi connectivity index (χ2v) is 11.5. The first kappa shape index (κ1) is 30.2. The molecule has 0 unspecified atom stereocenters. The van der Waals surface area contributed by atoms with Crippen molar-refractivity contribution >= 4 is 34.1 Å². The fourth-order valence-electron chi connectivity index (χ4n) is 4.93. The topological polar surface area (TPSA) is 127 Å². The van der Waals surface area contributed by atoms with Crippen LogP contribution in [0.15, 0.2) is 48.8 Å². The molecular weight excluding hydrogens is 553 g/mol. The zero-order chi connectivity index (χ0) is 30.4. The zero-order valence-corrected chi connectivity index (χ0v) is 24.9. The van der Waals surface area contributed by atoms with Crippen LogP contribution in [-0.4, -0.2) is 76.0 Å². The van der Waals surface area contributed by atoms with Crippen molar-refractivity contribution in [3.05, 3.63) is 60.3 Å². The Morgan fingerprint density at radius 1 is 1.14 bits per heavy atom. The van der Waals surface area contributed by atoms with Crippen LogP contribution in [0.2, 0.25) is 0 Å². The average Bonchev–Trinajstić information content (AvgIpc) is 3.39. The van der Waals surface area contributed by atoms with E-state index in [1.165, 1.54) is 24.5 Å². The lowest BCUT2D eigenvalue weighted by Gasteiger charge is -2.33. The Morgan fingerprint density at radius 2 is 1.95 bits per heavy atom. The number of methoxy groups -OCH3 is 1. The number of likely N-dealkylation sites (tertiary alicyclic amines) is 1. The molecule has 1 aliphatic rings. The number of rotatable bonds is 11. The van der Waals surface area contributed by atoms with Crippen LogP contribution in [0.3, 0.4) is 0 Å². The van der Waals surface area contributed by atoms with Crippen LogP contribution in [0.4, 0.5) is 21.7 Å². The normalized spacial score (nSPS) is 14.5. The van der Waals surface area contributed by atoms with E-state index >= 15 is 0 Å². The summed E-state index contributed by atoms with van der Waals surface area (Å²) in [6.07, 6.45) is 3.28. The van der Waals surface area contributed by atoms with Crippen molar-refractivity contribution in [3.63, 3.8) is 0 Å². The molecule has 0 atom stereocenters. The molecule has 12 heteroatoms. The highest BCUT2D eigenvalue weighted by molar-refractivity contribution is 5.97. The summed E-state index contributed by atoms with van der Waals surface area (Å²) < 4.78 is 31.4. The van der Waals surface area contributed by atoms with Crippen molar-refractivity contribution in [3.8, 4) is 11.5 Å². The number of nitrogens with one attached hydrogen (secondary N) is 3. The third kappa shape index (κ3) is 8.39. The molecule has 2 aromatic heterocycles. The number of carbonyl (C=O) groups excluding carboxylic acids is 1. The summed E-state index contributed by atoms with van der Waals surface area (Å²) in [6, 6.07) is 11.2. The summed E-state index contributed by atoms with van der Waals surface area (Å²) in [4.78, 5) is 23.8. The molecule has 0 aliphatic carbocycles. The quantitative estimate of drug-likeness (QED) is 0.219. The van der Waals surface area contributed by atoms with Gasteiger partial charge in [0.05, 0.1) is 36.6 Å². The van der Waals surface area contributed by atoms with Crippen LogP contribution in [0.1, 0.15) is 39.3 Å². The van der Waals surface area contributed by atoms with Gasteiger partial charge in [-0.25, -0.2) is 14.4 Å². The molecule has 0 spiro atoms. The van der Waals surface area contributed by atoms with Gasteiger partial charge >= 0.3 is 0 Å². The molecule has 11 nitrogen and oxygen atoms in total. The number of H-pyrrole nitrogens is 1. The first-order chi connectivity index (χ1) is 20.6. The van der Waals surface area contributed by atoms with E-state index in [-0.39, 0.29) is 24.0 Å². The van der Waals surface area contributed by atoms with Crippen LogP contribution in [0, 0.1) is 5.82 Å². The lowest BCUT2D eigenvalue weighted by atomic mass is 10.1. The predicted molar refractivity (Wildman–Crippen MR) is 162 cm³/mol. The standard InChI is InChI=1S/C31H38FN7O4/c1-31(2,3)42-13-12-39-10-8-23(9-11-39)43-26-18-24(41-4)17-25-29(26)30(34-19-33-25)36-27-15-22(37-38-27)16-28(40)35-21-7-5-6-20(32)14-21/h5-7,14-15,17-19,23H,8-13,16H2,1-4H3,(H,35,40)(H2,33,34,36,37,38). The third-order valence-electron chi connectivity index (χ3n) is 7.02. The first-order valence-corrected chi connectivity index (χ1v) is 14.4. The summed E-state index contributed by atoms with van der Waals surface area (Å²) in [5.74, 6) is 1.52. The molecule has 2 aromatic carbocycles. The first-order valence-electron chi connectivity index (χ1n) is 14.4. The van der Waals surface area contributed by atoms with Gasteiger partial charge in [-0.15, -0.1) is 0 Å². The summed E-state index contributed by atoms with van der Waals surface area (Å²) in [7, 11) is 1.61. The van der Waals surface area contributed by atoms with Gasteiger partial charge in [0.2, 0.25) is 5.91 Å². The Kier molecular flexibility index (Phi) is 9.37. The highest BCUT2D eigenvalue weighted by atomic mass is 19.1. The maximum Gasteiger partial charge on any atom is 0.230 e. The average molecular weight is 592 g/mol. The number of halogens is 1. The van der Waals surface area contributed by atoms with Gasteiger partial charge in [0, 0.05) is 49.2 Å². The number of ether oxygens (including phenoxy) is 3. The minimum Gasteiger partial charge on any atom is -0.497 e. The third-order valence-corrected chi connectivity index (χ3v) is 7.02. The van der Waals surface area contributed by atoms with Gasteiger partial charge in [0.1, 0.15) is 35.6 Å². The molecule has 5 rings (SSSR count). The summed E-state index contributed by atoms with van der Waals surface area (Å²) in [6.45, 7) is 9.65. The number of fused-ring (bicyclic) bond motifs is 1. The molecule has 4 aromatic rings. The Morgan fingerprint density at radius 3 is 2.70 bits per heavy atom. The number of benzene rings is 2. The van der Waals surface area contributed by atoms with Crippen LogP contribution in [-0.2, 0) is 16.0 Å². The zero-order valence-electron chi connectivity index (χ0n) is 24.9. The van der Waals surface area contributed by atoms with E-state index in [0.717, 1.165) is 32.5 Å². The van der Waals surface area contributed by atoms with Gasteiger partial charge in [0.25, 0.3) is 0 Å². The van der Waals surface area contributed by atoms with Gasteiger partial charge in [0.15, 0.2) is 5.82 Å². The number of piperidine rings is 1. The smallest absolute Gasteiger partial charge is 0.230 e. The molecule has 1 saturated heterocycles. The van der Waals surface area contributed by atoms with Gasteiger partial charge < -0.3 is 29.7 Å². The van der Waals surface area contributed by atoms with E-state index in [1.807, 2.05) is 12.1 Å². The monoisotopic (exact) mass is 591 g/mol. The fourth-order valence-corrected chi connectivity index (χ4v) is 4.93. The highest BCUT2D eigenvalue weighted by Gasteiger charge is 2.23. The van der Waals surface area contributed by atoms with E-state index in [9.17, 15) is 9.18 Å². The predicted octanol–water partition coefficient (Wildman–Crippen LogP) is 5.08. The van der Waals surface area contributed by atoms with E-state index < -0.39 is 5.82 Å². The number of nitrogens with zero attached hydrogens (tertiary/aromatic N) is 4. The maximum absolute atomic E-state index is 13.4. The van der Waals surface area contributed by atoms with Crippen molar-refractivity contribution in [2.24, 2.45) is 0 Å². The van der Waals surface area contributed by atoms with Crippen molar-refractivity contribution in [2.45, 2.75) is 51.7 Å². The van der Waals surface area contributed by atoms with Crippen molar-refractivity contribution in [1.82, 2.24) is 25.1 Å². The molecular formula is C31H38FN7O4. The van der Waals surface area contributed by atoms with Crippen LogP contribution in [0.25, 0.3) is 10.9 Å². The number of anilines is 3. The second-order valence-electron chi connectivity index (χ2n) is 11.5. The molecule has 3 N–H and O–H groups in total. The Labute approximate surface area is 250 Å². The summed E-state index contributed by atoms with van der Waals surface area (Å²) in [5, 5.41) is 13.8. The SMILES string of the molecule is COc1cc(OC2CCN(CCOC(C)(C)C)CC2)c2c(Nc3cc(CC(=O)Nc4cccc(F)c4)[nH]n3)ncnc2c1. The molecule has 43 heavy (non-hydrogen) atoms. The molecule has 228 valence electrons. The van der Waals surface area contributed by atoms with Gasteiger partial charge in [-0.2, -0.15) is 5.10 Å². The van der Waals surface area contributed by atoms with Crippen molar-refractivity contribution in [1.29, 1.82) is 0 Å². The van der Waals surface area contributed by atoms with Gasteiger partial charge in [-0.1, -0.05) is 6.07 Å². The lowest BCUT2D eigenvalue weighted by Crippen LogP contribution is -2.40. The maximum atomic E-state index is 13.4. The minimum atomic E-state index is -0.420. The number of carbonyl (C=O) groups is 1. The number of hydrogen-bond acceptors (Lipinski definition) is 9. The summed E-state index contributed by atoms with van der Waals surface area (Å²) >= 11 is 0. The Balaban J connectivity index is 1.26. The van der Waals surface area contributed by atoms with E-state index in [2.05, 4.69) is 56.5 Å². The molecule has 3 heterocycles. The fraction of sp³-hybridized carbons (Fsp3) is 0.419. The number of hydrogen-bond donors (Lipinski definition) is 3. The molecule has 1 amide bonds. The second kappa shape index (κ2) is 13.3. The molecule has 1 fully saturated rings. The van der Waals surface area contributed by atoms with Crippen molar-refractivity contribution in [2.75, 3.05) is 44.0 Å². The molecule has 0 bridgehead atoms. The van der Waals surface area contributed by atoms with E-state index in [0.29, 0.717) is 52.0 Å². The largest absolute Gasteiger partial charge is 0.497 e. The Hall–Kier alpha value is -4.29. The van der Waals surface area contributed by atoms with Crippen LogP contribution < -0.4 is 20.1 Å². The lowest BCUT2D eigenvalue weighted by molar-refractivity contribution is -0.115. The van der Waals surface area contributed by atoms with Crippen LogP contribution >= 0.6 is 0 Å². The molecule has 1 aliphatic heterocycles. The summed E-state index contributed by atoms with van der Waals surface area (Å²) in [5.41, 5.74) is 1.49. The number of amides is 1. The highest BCUT2D eigenvalue weighted by Crippen LogP contribution is 2.36.